The van der Waals surface area contributed by atoms with Crippen molar-refractivity contribution in [1.82, 2.24) is 0 Å². The Morgan fingerprint density at radius 3 is 2.22 bits per heavy atom. The minimum absolute atomic E-state index is 0.00630. The van der Waals surface area contributed by atoms with Gasteiger partial charge in [0.25, 0.3) is 0 Å². The van der Waals surface area contributed by atoms with Crippen molar-refractivity contribution in [3.8, 4) is 0 Å². The highest BCUT2D eigenvalue weighted by atomic mass is 16.5. The van der Waals surface area contributed by atoms with Gasteiger partial charge in [-0.2, -0.15) is 0 Å². The number of carbonyl (C=O) groups excluding carboxylic acids is 1. The summed E-state index contributed by atoms with van der Waals surface area (Å²) in [5.74, 6) is -0.199. The van der Waals surface area contributed by atoms with E-state index in [0.717, 1.165) is 12.8 Å². The van der Waals surface area contributed by atoms with E-state index in [2.05, 4.69) is 13.8 Å². The molecule has 4 atom stereocenters. The summed E-state index contributed by atoms with van der Waals surface area (Å²) in [6.45, 7) is 9.48. The Morgan fingerprint density at radius 2 is 1.83 bits per heavy atom. The van der Waals surface area contributed by atoms with Gasteiger partial charge in [0.05, 0.1) is 24.4 Å². The van der Waals surface area contributed by atoms with Gasteiger partial charge in [-0.25, -0.2) is 0 Å². The number of carbonyl (C=O) groups is 1. The van der Waals surface area contributed by atoms with Crippen LogP contribution < -0.4 is 0 Å². The summed E-state index contributed by atoms with van der Waals surface area (Å²) < 4.78 is 11.1. The molecule has 0 aliphatic carbocycles. The molecule has 1 rings (SSSR count). The zero-order valence-electron chi connectivity index (χ0n) is 12.1. The highest BCUT2D eigenvalue weighted by Crippen LogP contribution is 2.42. The van der Waals surface area contributed by atoms with Crippen LogP contribution >= 0.6 is 0 Å². The Balaban J connectivity index is 2.86. The molecule has 1 saturated heterocycles. The second kappa shape index (κ2) is 6.02. The summed E-state index contributed by atoms with van der Waals surface area (Å²) in [6, 6.07) is 0. The molecule has 4 unspecified atom stereocenters. The number of esters is 1. The SMILES string of the molecule is CCC1OC(CC)C(C(C)(C)O)C1COC(C)=O. The highest BCUT2D eigenvalue weighted by molar-refractivity contribution is 5.65. The van der Waals surface area contributed by atoms with Crippen molar-refractivity contribution in [3.05, 3.63) is 0 Å². The first-order valence-corrected chi connectivity index (χ1v) is 6.82. The fourth-order valence-corrected chi connectivity index (χ4v) is 3.07. The number of hydrogen-bond acceptors (Lipinski definition) is 4. The van der Waals surface area contributed by atoms with Gasteiger partial charge in [0.2, 0.25) is 0 Å². The van der Waals surface area contributed by atoms with E-state index < -0.39 is 5.60 Å². The van der Waals surface area contributed by atoms with Gasteiger partial charge in [0.1, 0.15) is 0 Å². The maximum atomic E-state index is 11.0. The summed E-state index contributed by atoms with van der Waals surface area (Å²) in [5.41, 5.74) is -0.824. The van der Waals surface area contributed by atoms with E-state index in [-0.39, 0.29) is 30.0 Å². The van der Waals surface area contributed by atoms with Crippen LogP contribution in [0.15, 0.2) is 0 Å². The van der Waals surface area contributed by atoms with Crippen LogP contribution in [0, 0.1) is 11.8 Å². The predicted molar refractivity (Wildman–Crippen MR) is 69.2 cm³/mol. The molecule has 18 heavy (non-hydrogen) atoms. The first-order valence-electron chi connectivity index (χ1n) is 6.82. The molecule has 4 heteroatoms. The van der Waals surface area contributed by atoms with Crippen molar-refractivity contribution in [1.29, 1.82) is 0 Å². The zero-order valence-corrected chi connectivity index (χ0v) is 12.1. The van der Waals surface area contributed by atoms with Gasteiger partial charge in [-0.05, 0) is 26.7 Å². The van der Waals surface area contributed by atoms with Crippen LogP contribution in [0.5, 0.6) is 0 Å². The summed E-state index contributed by atoms with van der Waals surface area (Å²) in [6.07, 6.45) is 1.83. The molecule has 1 heterocycles. The summed E-state index contributed by atoms with van der Waals surface area (Å²) >= 11 is 0. The summed E-state index contributed by atoms with van der Waals surface area (Å²) in [7, 11) is 0. The third kappa shape index (κ3) is 3.45. The molecule has 0 bridgehead atoms. The third-order valence-electron chi connectivity index (χ3n) is 3.79. The van der Waals surface area contributed by atoms with E-state index in [1.807, 2.05) is 13.8 Å². The van der Waals surface area contributed by atoms with Crippen LogP contribution in [0.2, 0.25) is 0 Å². The average Bonchev–Trinajstić information content (AvgIpc) is 2.63. The van der Waals surface area contributed by atoms with Gasteiger partial charge in [0, 0.05) is 18.8 Å². The van der Waals surface area contributed by atoms with E-state index in [0.29, 0.717) is 6.61 Å². The molecule has 1 aliphatic heterocycles. The molecule has 0 aromatic heterocycles. The van der Waals surface area contributed by atoms with Crippen molar-refractivity contribution in [3.63, 3.8) is 0 Å². The van der Waals surface area contributed by atoms with Crippen LogP contribution in [-0.4, -0.2) is 35.5 Å². The van der Waals surface area contributed by atoms with Crippen molar-refractivity contribution >= 4 is 5.97 Å². The lowest BCUT2D eigenvalue weighted by molar-refractivity contribution is -0.144. The van der Waals surface area contributed by atoms with Gasteiger partial charge in [-0.15, -0.1) is 0 Å². The molecule has 0 spiro atoms. The minimum atomic E-state index is -0.824. The van der Waals surface area contributed by atoms with Crippen LogP contribution in [0.1, 0.15) is 47.5 Å². The zero-order chi connectivity index (χ0) is 13.9. The quantitative estimate of drug-likeness (QED) is 0.768. The topological polar surface area (TPSA) is 55.8 Å². The first-order chi connectivity index (χ1) is 8.31. The molecule has 106 valence electrons. The van der Waals surface area contributed by atoms with E-state index in [1.54, 1.807) is 0 Å². The number of rotatable bonds is 5. The van der Waals surface area contributed by atoms with E-state index >= 15 is 0 Å². The lowest BCUT2D eigenvalue weighted by Crippen LogP contribution is -2.42. The van der Waals surface area contributed by atoms with Crippen LogP contribution in [0.25, 0.3) is 0 Å². The molecule has 0 radical (unpaired) electrons. The third-order valence-corrected chi connectivity index (χ3v) is 3.79. The van der Waals surface area contributed by atoms with Crippen molar-refractivity contribution in [2.75, 3.05) is 6.61 Å². The number of aliphatic hydroxyl groups is 1. The molecule has 1 aliphatic rings. The fourth-order valence-electron chi connectivity index (χ4n) is 3.07. The second-order valence-corrected chi connectivity index (χ2v) is 5.68. The van der Waals surface area contributed by atoms with E-state index in [1.165, 1.54) is 6.92 Å². The molecular weight excluding hydrogens is 232 g/mol. The Morgan fingerprint density at radius 1 is 1.28 bits per heavy atom. The van der Waals surface area contributed by atoms with Gasteiger partial charge in [-0.3, -0.25) is 4.79 Å². The Hall–Kier alpha value is -0.610. The minimum Gasteiger partial charge on any atom is -0.465 e. The van der Waals surface area contributed by atoms with Gasteiger partial charge >= 0.3 is 5.97 Å². The van der Waals surface area contributed by atoms with Crippen LogP contribution in [0.3, 0.4) is 0 Å². The summed E-state index contributed by atoms with van der Waals surface area (Å²) in [4.78, 5) is 11.0. The number of ether oxygens (including phenoxy) is 2. The molecule has 0 saturated carbocycles. The van der Waals surface area contributed by atoms with E-state index in [4.69, 9.17) is 9.47 Å². The largest absolute Gasteiger partial charge is 0.465 e. The van der Waals surface area contributed by atoms with Crippen molar-refractivity contribution in [2.45, 2.75) is 65.3 Å². The molecule has 1 N–H and O–H groups in total. The molecule has 4 nitrogen and oxygen atoms in total. The van der Waals surface area contributed by atoms with Gasteiger partial charge < -0.3 is 14.6 Å². The number of hydrogen-bond donors (Lipinski definition) is 1. The van der Waals surface area contributed by atoms with Crippen molar-refractivity contribution < 1.29 is 19.4 Å². The summed E-state index contributed by atoms with van der Waals surface area (Å²) in [5, 5.41) is 10.3. The Labute approximate surface area is 110 Å². The Kier molecular flexibility index (Phi) is 5.17. The van der Waals surface area contributed by atoms with Crippen LogP contribution in [0.4, 0.5) is 0 Å². The van der Waals surface area contributed by atoms with Crippen molar-refractivity contribution in [2.24, 2.45) is 11.8 Å². The molecule has 0 aromatic rings. The van der Waals surface area contributed by atoms with E-state index in [9.17, 15) is 9.90 Å². The predicted octanol–water partition coefficient (Wildman–Crippen LogP) is 2.14. The maximum Gasteiger partial charge on any atom is 0.302 e. The monoisotopic (exact) mass is 258 g/mol. The fraction of sp³-hybridized carbons (Fsp3) is 0.929. The highest BCUT2D eigenvalue weighted by Gasteiger charge is 2.49. The lowest BCUT2D eigenvalue weighted by atomic mass is 9.76. The molecule has 0 aromatic carbocycles. The lowest BCUT2D eigenvalue weighted by Gasteiger charge is -2.33. The molecular formula is C14H26O4. The smallest absolute Gasteiger partial charge is 0.302 e. The van der Waals surface area contributed by atoms with Gasteiger partial charge in [-0.1, -0.05) is 13.8 Å². The first kappa shape index (κ1) is 15.4. The Bertz CT molecular complexity index is 282. The normalized spacial score (nSPS) is 32.6. The molecule has 1 fully saturated rings. The maximum absolute atomic E-state index is 11.0. The molecule has 0 amide bonds. The average molecular weight is 258 g/mol. The van der Waals surface area contributed by atoms with Gasteiger partial charge in [0.15, 0.2) is 0 Å². The second-order valence-electron chi connectivity index (χ2n) is 5.68. The standard InChI is InChI=1S/C14H26O4/c1-6-11-10(8-17-9(3)15)13(14(4,5)16)12(7-2)18-11/h10-13,16H,6-8H2,1-5H3. The van der Waals surface area contributed by atoms with Crippen LogP contribution in [-0.2, 0) is 14.3 Å².